The molecule has 0 unspecified atom stereocenters. The van der Waals surface area contributed by atoms with Gasteiger partial charge in [-0.15, -0.1) is 0 Å². The standard InChI is InChI=1S/C17H15N3O3S/c1-2-23-14(21)11-24-17-19-15-13(9-6-10-18-15)16(22)20(17)12-7-4-3-5-8-12/h3-10H,2,11H2,1H3. The van der Waals surface area contributed by atoms with Crippen molar-refractivity contribution in [2.75, 3.05) is 12.4 Å². The average Bonchev–Trinajstić information content (AvgIpc) is 2.61. The molecule has 3 aromatic rings. The van der Waals surface area contributed by atoms with Crippen molar-refractivity contribution in [1.29, 1.82) is 0 Å². The fourth-order valence-electron chi connectivity index (χ4n) is 2.23. The van der Waals surface area contributed by atoms with E-state index in [1.54, 1.807) is 25.3 Å². The van der Waals surface area contributed by atoms with Gasteiger partial charge in [0.25, 0.3) is 5.56 Å². The van der Waals surface area contributed by atoms with Crippen LogP contribution in [-0.4, -0.2) is 32.9 Å². The first kappa shape index (κ1) is 16.2. The Morgan fingerprint density at radius 1 is 1.21 bits per heavy atom. The fourth-order valence-corrected chi connectivity index (χ4v) is 3.03. The van der Waals surface area contributed by atoms with Crippen LogP contribution in [0.1, 0.15) is 6.92 Å². The van der Waals surface area contributed by atoms with Crippen molar-refractivity contribution >= 4 is 28.8 Å². The number of hydrogen-bond donors (Lipinski definition) is 0. The molecule has 0 bridgehead atoms. The first-order valence-electron chi connectivity index (χ1n) is 7.42. The van der Waals surface area contributed by atoms with Crippen LogP contribution in [0.25, 0.3) is 16.7 Å². The average molecular weight is 341 g/mol. The predicted molar refractivity (Wildman–Crippen MR) is 92.5 cm³/mol. The fraction of sp³-hybridized carbons (Fsp3) is 0.176. The Labute approximate surface area is 142 Å². The minimum Gasteiger partial charge on any atom is -0.465 e. The van der Waals surface area contributed by atoms with E-state index in [2.05, 4.69) is 9.97 Å². The topological polar surface area (TPSA) is 74.1 Å². The highest BCUT2D eigenvalue weighted by atomic mass is 32.2. The first-order chi connectivity index (χ1) is 11.7. The maximum absolute atomic E-state index is 12.9. The van der Waals surface area contributed by atoms with Gasteiger partial charge in [-0.25, -0.2) is 9.97 Å². The summed E-state index contributed by atoms with van der Waals surface area (Å²) in [7, 11) is 0. The number of fused-ring (bicyclic) bond motifs is 1. The van der Waals surface area contributed by atoms with E-state index in [9.17, 15) is 9.59 Å². The smallest absolute Gasteiger partial charge is 0.316 e. The summed E-state index contributed by atoms with van der Waals surface area (Å²) >= 11 is 1.16. The molecule has 2 heterocycles. The third-order valence-electron chi connectivity index (χ3n) is 3.25. The zero-order valence-electron chi connectivity index (χ0n) is 13.0. The van der Waals surface area contributed by atoms with Crippen LogP contribution in [0.4, 0.5) is 0 Å². The van der Waals surface area contributed by atoms with E-state index in [1.165, 1.54) is 4.57 Å². The molecule has 0 saturated carbocycles. The number of nitrogens with zero attached hydrogens (tertiary/aromatic N) is 3. The summed E-state index contributed by atoms with van der Waals surface area (Å²) in [5, 5.41) is 0.840. The van der Waals surface area contributed by atoms with Gasteiger partial charge in [0.05, 0.1) is 23.4 Å². The molecule has 0 spiro atoms. The Kier molecular flexibility index (Phi) is 4.90. The largest absolute Gasteiger partial charge is 0.465 e. The Morgan fingerprint density at radius 3 is 2.75 bits per heavy atom. The Hall–Kier alpha value is -2.67. The normalized spacial score (nSPS) is 10.7. The highest BCUT2D eigenvalue weighted by molar-refractivity contribution is 7.99. The van der Waals surface area contributed by atoms with Crippen molar-refractivity contribution in [3.63, 3.8) is 0 Å². The van der Waals surface area contributed by atoms with Crippen LogP contribution < -0.4 is 5.56 Å². The lowest BCUT2D eigenvalue weighted by atomic mass is 10.3. The third kappa shape index (κ3) is 3.30. The summed E-state index contributed by atoms with van der Waals surface area (Å²) < 4.78 is 6.43. The van der Waals surface area contributed by atoms with E-state index in [0.717, 1.165) is 11.8 Å². The number of aromatic nitrogens is 3. The van der Waals surface area contributed by atoms with E-state index in [4.69, 9.17) is 4.74 Å². The molecule has 122 valence electrons. The maximum Gasteiger partial charge on any atom is 0.316 e. The zero-order chi connectivity index (χ0) is 16.9. The van der Waals surface area contributed by atoms with Gasteiger partial charge in [0.2, 0.25) is 0 Å². The second-order valence-electron chi connectivity index (χ2n) is 4.84. The molecule has 24 heavy (non-hydrogen) atoms. The summed E-state index contributed by atoms with van der Waals surface area (Å²) in [6.45, 7) is 2.07. The zero-order valence-corrected chi connectivity index (χ0v) is 13.8. The lowest BCUT2D eigenvalue weighted by Crippen LogP contribution is -2.22. The first-order valence-corrected chi connectivity index (χ1v) is 8.41. The van der Waals surface area contributed by atoms with E-state index < -0.39 is 0 Å². The molecule has 7 heteroatoms. The summed E-state index contributed by atoms with van der Waals surface area (Å²) in [4.78, 5) is 33.1. The number of ether oxygens (including phenoxy) is 1. The number of hydrogen-bond acceptors (Lipinski definition) is 6. The molecule has 0 fully saturated rings. The van der Waals surface area contributed by atoms with E-state index in [1.807, 2.05) is 30.3 Å². The van der Waals surface area contributed by atoms with Crippen LogP contribution in [0.5, 0.6) is 0 Å². The van der Waals surface area contributed by atoms with Crippen LogP contribution in [0.15, 0.2) is 58.6 Å². The molecule has 0 aliphatic carbocycles. The molecule has 6 nitrogen and oxygen atoms in total. The van der Waals surface area contributed by atoms with Crippen LogP contribution in [-0.2, 0) is 9.53 Å². The van der Waals surface area contributed by atoms with Crippen LogP contribution in [0.3, 0.4) is 0 Å². The molecule has 0 saturated heterocycles. The van der Waals surface area contributed by atoms with Gasteiger partial charge in [0.15, 0.2) is 10.8 Å². The van der Waals surface area contributed by atoms with Gasteiger partial charge >= 0.3 is 5.97 Å². The van der Waals surface area contributed by atoms with Crippen LogP contribution in [0, 0.1) is 0 Å². The summed E-state index contributed by atoms with van der Waals surface area (Å²) in [5.41, 5.74) is 0.832. The Balaban J connectivity index is 2.11. The molecule has 3 rings (SSSR count). The SMILES string of the molecule is CCOC(=O)CSc1nc2ncccc2c(=O)n1-c1ccccc1. The molecule has 0 amide bonds. The quantitative estimate of drug-likeness (QED) is 0.403. The second kappa shape index (κ2) is 7.27. The number of pyridine rings is 1. The van der Waals surface area contributed by atoms with Crippen molar-refractivity contribution in [1.82, 2.24) is 14.5 Å². The number of esters is 1. The lowest BCUT2D eigenvalue weighted by Gasteiger charge is -2.12. The van der Waals surface area contributed by atoms with Crippen molar-refractivity contribution in [3.05, 3.63) is 59.0 Å². The molecule has 0 atom stereocenters. The minimum absolute atomic E-state index is 0.0749. The van der Waals surface area contributed by atoms with Crippen molar-refractivity contribution in [3.8, 4) is 5.69 Å². The van der Waals surface area contributed by atoms with Crippen LogP contribution in [0.2, 0.25) is 0 Å². The molecular formula is C17H15N3O3S. The monoisotopic (exact) mass is 341 g/mol. The molecule has 0 aliphatic rings. The second-order valence-corrected chi connectivity index (χ2v) is 5.78. The summed E-state index contributed by atoms with van der Waals surface area (Å²) in [6, 6.07) is 12.6. The predicted octanol–water partition coefficient (Wildman–Crippen LogP) is 2.44. The molecule has 0 aliphatic heterocycles. The number of carbonyl (C=O) groups is 1. The molecule has 2 aromatic heterocycles. The van der Waals surface area contributed by atoms with Gasteiger partial charge in [0.1, 0.15) is 0 Å². The highest BCUT2D eigenvalue weighted by Gasteiger charge is 2.15. The van der Waals surface area contributed by atoms with Gasteiger partial charge in [-0.1, -0.05) is 30.0 Å². The number of rotatable bonds is 5. The van der Waals surface area contributed by atoms with Crippen molar-refractivity contribution in [2.45, 2.75) is 12.1 Å². The number of thioether (sulfide) groups is 1. The van der Waals surface area contributed by atoms with Crippen molar-refractivity contribution in [2.24, 2.45) is 0 Å². The third-order valence-corrected chi connectivity index (χ3v) is 4.16. The molecule has 1 aromatic carbocycles. The number of benzene rings is 1. The van der Waals surface area contributed by atoms with Crippen LogP contribution >= 0.6 is 11.8 Å². The molecule has 0 radical (unpaired) electrons. The van der Waals surface area contributed by atoms with Gasteiger partial charge in [-0.05, 0) is 31.2 Å². The van der Waals surface area contributed by atoms with Gasteiger partial charge in [0, 0.05) is 6.20 Å². The van der Waals surface area contributed by atoms with E-state index in [0.29, 0.717) is 28.5 Å². The van der Waals surface area contributed by atoms with E-state index in [-0.39, 0.29) is 17.3 Å². The number of para-hydroxylation sites is 1. The summed E-state index contributed by atoms with van der Waals surface area (Å²) in [5.74, 6) is -0.275. The Morgan fingerprint density at radius 2 is 2.00 bits per heavy atom. The number of carbonyl (C=O) groups excluding carboxylic acids is 1. The van der Waals surface area contributed by atoms with Gasteiger partial charge in [-0.3, -0.25) is 14.2 Å². The van der Waals surface area contributed by atoms with Crippen molar-refractivity contribution < 1.29 is 9.53 Å². The summed E-state index contributed by atoms with van der Waals surface area (Å²) in [6.07, 6.45) is 1.58. The highest BCUT2D eigenvalue weighted by Crippen LogP contribution is 2.20. The minimum atomic E-state index is -0.350. The maximum atomic E-state index is 12.9. The lowest BCUT2D eigenvalue weighted by molar-refractivity contribution is -0.139. The van der Waals surface area contributed by atoms with Gasteiger partial charge in [-0.2, -0.15) is 0 Å². The van der Waals surface area contributed by atoms with Gasteiger partial charge < -0.3 is 4.74 Å². The Bertz CT molecular complexity index is 925. The molecular weight excluding hydrogens is 326 g/mol. The molecule has 0 N–H and O–H groups in total. The van der Waals surface area contributed by atoms with E-state index >= 15 is 0 Å².